The van der Waals surface area contributed by atoms with Crippen LogP contribution in [0, 0.1) is 6.92 Å². The molecule has 0 saturated carbocycles. The van der Waals surface area contributed by atoms with E-state index in [1.54, 1.807) is 20.2 Å². The van der Waals surface area contributed by atoms with Crippen molar-refractivity contribution >= 4 is 6.03 Å². The summed E-state index contributed by atoms with van der Waals surface area (Å²) in [5.41, 5.74) is 3.74. The van der Waals surface area contributed by atoms with Gasteiger partial charge in [0.1, 0.15) is 11.5 Å². The first kappa shape index (κ1) is 20.6. The molecule has 2 amide bonds. The monoisotopic (exact) mass is 370 g/mol. The van der Waals surface area contributed by atoms with Gasteiger partial charge in [0, 0.05) is 26.2 Å². The van der Waals surface area contributed by atoms with Gasteiger partial charge in [-0.3, -0.25) is 0 Å². The minimum atomic E-state index is -0.223. The Morgan fingerprint density at radius 1 is 1.15 bits per heavy atom. The molecule has 0 spiro atoms. The van der Waals surface area contributed by atoms with Crippen molar-refractivity contribution < 1.29 is 15.0 Å². The van der Waals surface area contributed by atoms with Gasteiger partial charge >= 0.3 is 6.03 Å². The molecule has 2 aromatic carbocycles. The van der Waals surface area contributed by atoms with E-state index in [0.717, 1.165) is 42.4 Å². The molecular formula is C22H30N2O3. The number of urea groups is 1. The molecule has 0 atom stereocenters. The van der Waals surface area contributed by atoms with E-state index in [4.69, 9.17) is 0 Å². The van der Waals surface area contributed by atoms with Crippen LogP contribution in [0.1, 0.15) is 42.9 Å². The molecule has 0 unspecified atom stereocenters. The van der Waals surface area contributed by atoms with Gasteiger partial charge in [-0.1, -0.05) is 49.6 Å². The Balaban J connectivity index is 2.47. The van der Waals surface area contributed by atoms with Crippen molar-refractivity contribution in [2.45, 2.75) is 46.1 Å². The first-order valence-electron chi connectivity index (χ1n) is 9.44. The van der Waals surface area contributed by atoms with Crippen LogP contribution in [0.2, 0.25) is 0 Å². The Labute approximate surface area is 161 Å². The van der Waals surface area contributed by atoms with Gasteiger partial charge < -0.3 is 20.4 Å². The van der Waals surface area contributed by atoms with E-state index in [1.807, 2.05) is 31.2 Å². The molecule has 0 bridgehead atoms. The predicted octanol–water partition coefficient (Wildman–Crippen LogP) is 4.58. The average Bonchev–Trinajstić information content (AvgIpc) is 2.61. The second kappa shape index (κ2) is 9.31. The number of hydrogen-bond donors (Lipinski definition) is 3. The van der Waals surface area contributed by atoms with Crippen LogP contribution in [-0.2, 0) is 13.0 Å². The van der Waals surface area contributed by atoms with Crippen LogP contribution in [0.5, 0.6) is 11.5 Å². The fourth-order valence-electron chi connectivity index (χ4n) is 3.14. The number of carbonyl (C=O) groups excluding carboxylic acids is 1. The summed E-state index contributed by atoms with van der Waals surface area (Å²) in [6, 6.07) is 9.15. The summed E-state index contributed by atoms with van der Waals surface area (Å²) in [5, 5.41) is 24.4. The Morgan fingerprint density at radius 2 is 1.89 bits per heavy atom. The maximum Gasteiger partial charge on any atom is 0.317 e. The number of rotatable bonds is 7. The molecule has 0 fully saturated rings. The molecule has 5 nitrogen and oxygen atoms in total. The topological polar surface area (TPSA) is 72.8 Å². The number of unbranched alkanes of at least 4 members (excludes halogenated alkanes) is 2. The van der Waals surface area contributed by atoms with Gasteiger partial charge in [0.05, 0.1) is 5.56 Å². The minimum absolute atomic E-state index is 0.0335. The zero-order valence-electron chi connectivity index (χ0n) is 16.7. The number of benzene rings is 2. The Hall–Kier alpha value is -2.69. The summed E-state index contributed by atoms with van der Waals surface area (Å²) in [6.07, 6.45) is 3.88. The van der Waals surface area contributed by atoms with E-state index in [9.17, 15) is 15.0 Å². The zero-order chi connectivity index (χ0) is 20.0. The minimum Gasteiger partial charge on any atom is -0.507 e. The number of carbonyl (C=O) groups is 1. The summed E-state index contributed by atoms with van der Waals surface area (Å²) in [4.78, 5) is 13.4. The third-order valence-corrected chi connectivity index (χ3v) is 4.66. The van der Waals surface area contributed by atoms with Gasteiger partial charge in [-0.15, -0.1) is 0 Å². The summed E-state index contributed by atoms with van der Waals surface area (Å²) < 4.78 is 0. The summed E-state index contributed by atoms with van der Waals surface area (Å²) in [7, 11) is 3.35. The van der Waals surface area contributed by atoms with Crippen molar-refractivity contribution in [2.24, 2.45) is 0 Å². The van der Waals surface area contributed by atoms with Crippen LogP contribution in [0.25, 0.3) is 11.1 Å². The highest BCUT2D eigenvalue weighted by atomic mass is 16.3. The lowest BCUT2D eigenvalue weighted by Gasteiger charge is -2.19. The fourth-order valence-corrected chi connectivity index (χ4v) is 3.14. The van der Waals surface area contributed by atoms with Crippen LogP contribution in [0.3, 0.4) is 0 Å². The number of phenolic OH excluding ortho intramolecular Hbond substituents is 2. The second-order valence-electron chi connectivity index (χ2n) is 7.14. The standard InChI is InChI=1S/C22H30N2O3/c1-5-6-7-10-16-13-19(25)20(17-11-8-9-15(2)12-17)21(26)18(16)14-23-22(27)24(3)4/h8-9,11-13,25-26H,5-7,10,14H2,1-4H3,(H,23,27). The van der Waals surface area contributed by atoms with E-state index in [-0.39, 0.29) is 24.1 Å². The molecule has 0 aliphatic carbocycles. The van der Waals surface area contributed by atoms with Crippen LogP contribution in [-0.4, -0.2) is 35.2 Å². The number of aromatic hydroxyl groups is 2. The van der Waals surface area contributed by atoms with Crippen molar-refractivity contribution in [3.05, 3.63) is 47.0 Å². The van der Waals surface area contributed by atoms with Gasteiger partial charge in [0.25, 0.3) is 0 Å². The second-order valence-corrected chi connectivity index (χ2v) is 7.14. The summed E-state index contributed by atoms with van der Waals surface area (Å²) >= 11 is 0. The summed E-state index contributed by atoms with van der Waals surface area (Å²) in [6.45, 7) is 4.31. The van der Waals surface area contributed by atoms with E-state index < -0.39 is 0 Å². The lowest BCUT2D eigenvalue weighted by Crippen LogP contribution is -2.34. The van der Waals surface area contributed by atoms with Gasteiger partial charge in [0.15, 0.2) is 0 Å². The van der Waals surface area contributed by atoms with Crippen molar-refractivity contribution in [3.8, 4) is 22.6 Å². The lowest BCUT2D eigenvalue weighted by molar-refractivity contribution is 0.217. The predicted molar refractivity (Wildman–Crippen MR) is 109 cm³/mol. The van der Waals surface area contributed by atoms with Crippen molar-refractivity contribution in [1.29, 1.82) is 0 Å². The Morgan fingerprint density at radius 3 is 2.52 bits per heavy atom. The molecule has 0 aromatic heterocycles. The highest BCUT2D eigenvalue weighted by Gasteiger charge is 2.19. The first-order chi connectivity index (χ1) is 12.8. The van der Waals surface area contributed by atoms with E-state index >= 15 is 0 Å². The molecule has 0 saturated heterocycles. The first-order valence-corrected chi connectivity index (χ1v) is 9.44. The third-order valence-electron chi connectivity index (χ3n) is 4.66. The van der Waals surface area contributed by atoms with Gasteiger partial charge in [-0.05, 0) is 37.0 Å². The zero-order valence-corrected chi connectivity index (χ0v) is 16.7. The quantitative estimate of drug-likeness (QED) is 0.625. The SMILES string of the molecule is CCCCCc1cc(O)c(-c2cccc(C)c2)c(O)c1CNC(=O)N(C)C. The molecule has 2 rings (SSSR count). The molecule has 146 valence electrons. The smallest absolute Gasteiger partial charge is 0.317 e. The molecule has 0 radical (unpaired) electrons. The van der Waals surface area contributed by atoms with Crippen LogP contribution < -0.4 is 5.32 Å². The Bertz CT molecular complexity index is 800. The molecule has 5 heteroatoms. The average molecular weight is 370 g/mol. The number of phenols is 2. The van der Waals surface area contributed by atoms with Gasteiger partial charge in [-0.2, -0.15) is 0 Å². The molecule has 3 N–H and O–H groups in total. The third kappa shape index (κ3) is 5.16. The molecule has 27 heavy (non-hydrogen) atoms. The Kier molecular flexibility index (Phi) is 7.11. The maximum absolute atomic E-state index is 11.9. The molecule has 0 aliphatic heterocycles. The van der Waals surface area contributed by atoms with Gasteiger partial charge in [-0.25, -0.2) is 4.79 Å². The van der Waals surface area contributed by atoms with Crippen molar-refractivity contribution in [3.63, 3.8) is 0 Å². The van der Waals surface area contributed by atoms with Crippen molar-refractivity contribution in [2.75, 3.05) is 14.1 Å². The maximum atomic E-state index is 11.9. The van der Waals surface area contributed by atoms with Crippen LogP contribution >= 0.6 is 0 Å². The van der Waals surface area contributed by atoms with Crippen LogP contribution in [0.4, 0.5) is 4.79 Å². The number of nitrogens with one attached hydrogen (secondary N) is 1. The molecular weight excluding hydrogens is 340 g/mol. The van der Waals surface area contributed by atoms with E-state index in [1.165, 1.54) is 4.90 Å². The highest BCUT2D eigenvalue weighted by Crippen LogP contribution is 2.42. The molecule has 0 heterocycles. The molecule has 2 aromatic rings. The van der Waals surface area contributed by atoms with E-state index in [2.05, 4.69) is 12.2 Å². The molecule has 0 aliphatic rings. The number of amides is 2. The number of aryl methyl sites for hydroxylation is 2. The number of hydrogen-bond acceptors (Lipinski definition) is 3. The van der Waals surface area contributed by atoms with Crippen LogP contribution in [0.15, 0.2) is 30.3 Å². The van der Waals surface area contributed by atoms with Crippen molar-refractivity contribution in [1.82, 2.24) is 10.2 Å². The lowest BCUT2D eigenvalue weighted by atomic mass is 9.93. The number of nitrogens with zero attached hydrogens (tertiary/aromatic N) is 1. The largest absolute Gasteiger partial charge is 0.507 e. The van der Waals surface area contributed by atoms with E-state index in [0.29, 0.717) is 11.1 Å². The highest BCUT2D eigenvalue weighted by molar-refractivity contribution is 5.80. The normalized spacial score (nSPS) is 10.7. The summed E-state index contributed by atoms with van der Waals surface area (Å²) in [5.74, 6) is 0.0958. The van der Waals surface area contributed by atoms with Gasteiger partial charge in [0.2, 0.25) is 0 Å². The fraction of sp³-hybridized carbons (Fsp3) is 0.409.